The van der Waals surface area contributed by atoms with Gasteiger partial charge in [0.25, 0.3) is 5.91 Å². The number of anilines is 2. The van der Waals surface area contributed by atoms with Crippen LogP contribution in [0.1, 0.15) is 38.0 Å². The van der Waals surface area contributed by atoms with Gasteiger partial charge >= 0.3 is 0 Å². The molecular weight excluding hydrogens is 416 g/mol. The number of hydrogen-bond acceptors (Lipinski definition) is 4. The van der Waals surface area contributed by atoms with Crippen molar-refractivity contribution in [3.05, 3.63) is 112 Å². The number of thiophene rings is 1. The van der Waals surface area contributed by atoms with Crippen molar-refractivity contribution in [1.29, 1.82) is 0 Å². The molecule has 4 rings (SSSR count). The largest absolute Gasteiger partial charge is 0.497 e. The number of hydrogen-bond donors (Lipinski definition) is 2. The standard InChI is InChI=1S/C27H26N2O2S/c1-18-19(2)32-27(29-26(30)20-11-6-4-7-12-20)24(18)25(28-22-14-8-5-9-15-22)21-13-10-16-23(17-21)31-3/h4-17,25,28H,1-3H3,(H,29,30). The van der Waals surface area contributed by atoms with Gasteiger partial charge in [0.1, 0.15) is 10.8 Å². The zero-order valence-corrected chi connectivity index (χ0v) is 19.2. The summed E-state index contributed by atoms with van der Waals surface area (Å²) in [5.41, 5.74) is 4.92. The molecule has 4 nitrogen and oxygen atoms in total. The van der Waals surface area contributed by atoms with Gasteiger partial charge in [-0.15, -0.1) is 11.3 Å². The van der Waals surface area contributed by atoms with Crippen LogP contribution in [0.4, 0.5) is 10.7 Å². The summed E-state index contributed by atoms with van der Waals surface area (Å²) in [6.07, 6.45) is 0. The maximum atomic E-state index is 13.0. The van der Waals surface area contributed by atoms with Crippen molar-refractivity contribution in [2.24, 2.45) is 0 Å². The van der Waals surface area contributed by atoms with Crippen LogP contribution in [-0.4, -0.2) is 13.0 Å². The first-order valence-electron chi connectivity index (χ1n) is 10.5. The van der Waals surface area contributed by atoms with Crippen LogP contribution in [0.2, 0.25) is 0 Å². The van der Waals surface area contributed by atoms with Crippen LogP contribution in [0.25, 0.3) is 0 Å². The first-order chi connectivity index (χ1) is 15.6. The molecule has 5 heteroatoms. The number of amides is 1. The zero-order chi connectivity index (χ0) is 22.5. The van der Waals surface area contributed by atoms with Crippen molar-refractivity contribution in [2.75, 3.05) is 17.7 Å². The SMILES string of the molecule is COc1cccc(C(Nc2ccccc2)c2c(NC(=O)c3ccccc3)sc(C)c2C)c1. The molecule has 32 heavy (non-hydrogen) atoms. The second-order valence-corrected chi connectivity index (χ2v) is 8.79. The Bertz CT molecular complexity index is 1200. The number of aryl methyl sites for hydroxylation is 1. The van der Waals surface area contributed by atoms with E-state index in [0.29, 0.717) is 5.56 Å². The number of rotatable bonds is 7. The Morgan fingerprint density at radius 3 is 2.28 bits per heavy atom. The first-order valence-corrected chi connectivity index (χ1v) is 11.3. The molecule has 1 heterocycles. The lowest BCUT2D eigenvalue weighted by atomic mass is 9.95. The van der Waals surface area contributed by atoms with Gasteiger partial charge in [-0.2, -0.15) is 0 Å². The Morgan fingerprint density at radius 1 is 0.906 bits per heavy atom. The van der Waals surface area contributed by atoms with Gasteiger partial charge in [-0.3, -0.25) is 4.79 Å². The molecule has 1 amide bonds. The van der Waals surface area contributed by atoms with Crippen molar-refractivity contribution in [3.63, 3.8) is 0 Å². The van der Waals surface area contributed by atoms with E-state index in [1.807, 2.05) is 78.9 Å². The van der Waals surface area contributed by atoms with Gasteiger partial charge in [-0.25, -0.2) is 0 Å². The molecule has 162 valence electrons. The fraction of sp³-hybridized carbons (Fsp3) is 0.148. The van der Waals surface area contributed by atoms with Crippen molar-refractivity contribution >= 4 is 27.9 Å². The number of ether oxygens (including phenoxy) is 1. The smallest absolute Gasteiger partial charge is 0.256 e. The average molecular weight is 443 g/mol. The summed E-state index contributed by atoms with van der Waals surface area (Å²) in [6, 6.07) is 27.3. The fourth-order valence-electron chi connectivity index (χ4n) is 3.69. The molecule has 4 aromatic rings. The van der Waals surface area contributed by atoms with Crippen molar-refractivity contribution in [3.8, 4) is 5.75 Å². The molecule has 1 aromatic heterocycles. The van der Waals surface area contributed by atoms with E-state index >= 15 is 0 Å². The zero-order valence-electron chi connectivity index (χ0n) is 18.4. The van der Waals surface area contributed by atoms with E-state index in [0.717, 1.165) is 33.1 Å². The monoisotopic (exact) mass is 442 g/mol. The number of methoxy groups -OCH3 is 1. The minimum Gasteiger partial charge on any atom is -0.497 e. The maximum absolute atomic E-state index is 13.0. The molecular formula is C27H26N2O2S. The minimum absolute atomic E-state index is 0.114. The molecule has 0 aliphatic rings. The molecule has 0 bridgehead atoms. The number of carbonyl (C=O) groups is 1. The highest BCUT2D eigenvalue weighted by molar-refractivity contribution is 7.16. The third-order valence-electron chi connectivity index (χ3n) is 5.50. The van der Waals surface area contributed by atoms with Crippen molar-refractivity contribution in [1.82, 2.24) is 0 Å². The van der Waals surface area contributed by atoms with Gasteiger partial charge in [0, 0.05) is 21.7 Å². The highest BCUT2D eigenvalue weighted by atomic mass is 32.1. The third-order valence-corrected chi connectivity index (χ3v) is 6.63. The lowest BCUT2D eigenvalue weighted by molar-refractivity contribution is 0.102. The fourth-order valence-corrected chi connectivity index (χ4v) is 4.79. The Kier molecular flexibility index (Phi) is 6.57. The van der Waals surface area contributed by atoms with Crippen LogP contribution < -0.4 is 15.4 Å². The van der Waals surface area contributed by atoms with Crippen LogP contribution in [0, 0.1) is 13.8 Å². The summed E-state index contributed by atoms with van der Waals surface area (Å²) in [7, 11) is 1.67. The van der Waals surface area contributed by atoms with Gasteiger partial charge in [-0.1, -0.05) is 48.5 Å². The summed E-state index contributed by atoms with van der Waals surface area (Å²) >= 11 is 1.60. The molecule has 1 atom stereocenters. The molecule has 0 saturated heterocycles. The third kappa shape index (κ3) is 4.68. The molecule has 0 spiro atoms. The van der Waals surface area contributed by atoms with Gasteiger partial charge < -0.3 is 15.4 Å². The van der Waals surface area contributed by atoms with Crippen LogP contribution in [0.3, 0.4) is 0 Å². The van der Waals surface area contributed by atoms with E-state index < -0.39 is 0 Å². The lowest BCUT2D eigenvalue weighted by Crippen LogP contribution is -2.17. The van der Waals surface area contributed by atoms with Gasteiger partial charge in [0.2, 0.25) is 0 Å². The molecule has 0 aliphatic heterocycles. The summed E-state index contributed by atoms with van der Waals surface area (Å²) in [5.74, 6) is 0.680. The van der Waals surface area contributed by atoms with Crippen LogP contribution in [-0.2, 0) is 0 Å². The summed E-state index contributed by atoms with van der Waals surface area (Å²) in [6.45, 7) is 4.20. The number of carbonyl (C=O) groups excluding carboxylic acids is 1. The number of para-hydroxylation sites is 1. The summed E-state index contributed by atoms with van der Waals surface area (Å²) < 4.78 is 5.48. The number of benzene rings is 3. The first kappa shape index (κ1) is 21.7. The van der Waals surface area contributed by atoms with Crippen LogP contribution >= 0.6 is 11.3 Å². The normalized spacial score (nSPS) is 11.6. The van der Waals surface area contributed by atoms with E-state index in [4.69, 9.17) is 4.74 Å². The Hall–Kier alpha value is -3.57. The van der Waals surface area contributed by atoms with E-state index in [-0.39, 0.29) is 11.9 Å². The molecule has 2 N–H and O–H groups in total. The Labute approximate surface area is 192 Å². The maximum Gasteiger partial charge on any atom is 0.256 e. The molecule has 3 aromatic carbocycles. The van der Waals surface area contributed by atoms with Crippen molar-refractivity contribution < 1.29 is 9.53 Å². The molecule has 1 unspecified atom stereocenters. The summed E-state index contributed by atoms with van der Waals surface area (Å²) in [5, 5.41) is 7.68. The van der Waals surface area contributed by atoms with Gasteiger partial charge in [-0.05, 0) is 61.4 Å². The molecule has 0 aliphatic carbocycles. The average Bonchev–Trinajstić information content (AvgIpc) is 3.11. The van der Waals surface area contributed by atoms with Gasteiger partial charge in [0.15, 0.2) is 0 Å². The van der Waals surface area contributed by atoms with E-state index in [1.165, 1.54) is 4.88 Å². The molecule has 0 fully saturated rings. The van der Waals surface area contributed by atoms with E-state index in [1.54, 1.807) is 18.4 Å². The second-order valence-electron chi connectivity index (χ2n) is 7.57. The predicted octanol–water partition coefficient (Wildman–Crippen LogP) is 6.83. The number of nitrogens with one attached hydrogen (secondary N) is 2. The second kappa shape index (κ2) is 9.71. The van der Waals surface area contributed by atoms with Crippen LogP contribution in [0.5, 0.6) is 5.75 Å². The quantitative estimate of drug-likeness (QED) is 0.330. The topological polar surface area (TPSA) is 50.4 Å². The summed E-state index contributed by atoms with van der Waals surface area (Å²) in [4.78, 5) is 14.1. The highest BCUT2D eigenvalue weighted by Crippen LogP contribution is 2.41. The van der Waals surface area contributed by atoms with Gasteiger partial charge in [0.05, 0.1) is 13.2 Å². The highest BCUT2D eigenvalue weighted by Gasteiger charge is 2.25. The lowest BCUT2D eigenvalue weighted by Gasteiger charge is -2.23. The minimum atomic E-state index is -0.163. The van der Waals surface area contributed by atoms with E-state index in [9.17, 15) is 4.79 Å². The van der Waals surface area contributed by atoms with Crippen LogP contribution in [0.15, 0.2) is 84.9 Å². The van der Waals surface area contributed by atoms with E-state index in [2.05, 4.69) is 30.5 Å². The molecule has 0 saturated carbocycles. The Balaban J connectivity index is 1.79. The predicted molar refractivity (Wildman–Crippen MR) is 133 cm³/mol. The molecule has 0 radical (unpaired) electrons. The van der Waals surface area contributed by atoms with Crippen molar-refractivity contribution in [2.45, 2.75) is 19.9 Å². The Morgan fingerprint density at radius 2 is 1.59 bits per heavy atom.